The van der Waals surface area contributed by atoms with Crippen LogP contribution < -0.4 is 4.90 Å². The van der Waals surface area contributed by atoms with Crippen molar-refractivity contribution in [1.82, 2.24) is 15.0 Å². The Morgan fingerprint density at radius 2 is 2.00 bits per heavy atom. The van der Waals surface area contributed by atoms with Crippen LogP contribution in [0.25, 0.3) is 0 Å². The van der Waals surface area contributed by atoms with Crippen LogP contribution in [0.4, 0.5) is 5.95 Å². The minimum absolute atomic E-state index is 0.278. The molecule has 17 heavy (non-hydrogen) atoms. The average molecular weight is 259 g/mol. The summed E-state index contributed by atoms with van der Waals surface area (Å²) in [6.45, 7) is 9.68. The van der Waals surface area contributed by atoms with Gasteiger partial charge in [-0.1, -0.05) is 13.8 Å². The Kier molecular flexibility index (Phi) is 4.23. The van der Waals surface area contributed by atoms with E-state index in [4.69, 9.17) is 16.1 Å². The molecule has 0 N–H and O–H groups in total. The molecule has 0 spiro atoms. The topological polar surface area (TPSA) is 45.4 Å². The van der Waals surface area contributed by atoms with Crippen molar-refractivity contribution in [2.75, 3.05) is 37.6 Å². The normalized spacial score (nSPS) is 18.0. The number of piperazine rings is 1. The van der Waals surface area contributed by atoms with Gasteiger partial charge in [0.25, 0.3) is 5.95 Å². The molecule has 1 aromatic heterocycles. The predicted octanol–water partition coefficient (Wildman–Crippen LogP) is 1.59. The van der Waals surface area contributed by atoms with Gasteiger partial charge in [-0.15, -0.1) is 11.6 Å². The van der Waals surface area contributed by atoms with Crippen molar-refractivity contribution >= 4 is 17.5 Å². The Bertz CT molecular complexity index is 347. The third-order valence-electron chi connectivity index (χ3n) is 2.85. The molecule has 1 aliphatic heterocycles. The largest absolute Gasteiger partial charge is 0.336 e. The van der Waals surface area contributed by atoms with Crippen LogP contribution in [0.5, 0.6) is 0 Å². The minimum Gasteiger partial charge on any atom is -0.336 e. The fourth-order valence-corrected chi connectivity index (χ4v) is 2.18. The van der Waals surface area contributed by atoms with Crippen LogP contribution in [0.3, 0.4) is 0 Å². The summed E-state index contributed by atoms with van der Waals surface area (Å²) in [5, 5.41) is 3.93. The van der Waals surface area contributed by atoms with Crippen molar-refractivity contribution in [3.05, 3.63) is 5.89 Å². The lowest BCUT2D eigenvalue weighted by molar-refractivity contribution is 0.230. The van der Waals surface area contributed by atoms with E-state index in [1.165, 1.54) is 0 Å². The first kappa shape index (κ1) is 12.6. The van der Waals surface area contributed by atoms with E-state index in [2.05, 4.69) is 33.8 Å². The molecule has 96 valence electrons. The van der Waals surface area contributed by atoms with Crippen LogP contribution in [0.15, 0.2) is 4.52 Å². The van der Waals surface area contributed by atoms with Gasteiger partial charge >= 0.3 is 0 Å². The first-order valence-electron chi connectivity index (χ1n) is 6.05. The second-order valence-electron chi connectivity index (χ2n) is 4.80. The summed E-state index contributed by atoms with van der Waals surface area (Å²) in [5.74, 6) is 2.16. The van der Waals surface area contributed by atoms with Gasteiger partial charge < -0.3 is 9.42 Å². The molecule has 1 aliphatic rings. The zero-order valence-corrected chi connectivity index (χ0v) is 11.2. The van der Waals surface area contributed by atoms with E-state index in [1.54, 1.807) is 0 Å². The number of nitrogens with zero attached hydrogens (tertiary/aromatic N) is 4. The maximum Gasteiger partial charge on any atom is 0.266 e. The maximum atomic E-state index is 5.64. The van der Waals surface area contributed by atoms with E-state index in [1.807, 2.05) is 0 Å². The highest BCUT2D eigenvalue weighted by Crippen LogP contribution is 2.14. The van der Waals surface area contributed by atoms with Crippen molar-refractivity contribution in [3.63, 3.8) is 0 Å². The highest BCUT2D eigenvalue weighted by atomic mass is 35.5. The molecular weight excluding hydrogens is 240 g/mol. The number of halogens is 1. The van der Waals surface area contributed by atoms with Gasteiger partial charge in [0.1, 0.15) is 5.88 Å². The Morgan fingerprint density at radius 1 is 1.29 bits per heavy atom. The van der Waals surface area contributed by atoms with Gasteiger partial charge in [-0.05, 0) is 11.1 Å². The Labute approximate surface area is 107 Å². The first-order chi connectivity index (χ1) is 8.19. The average Bonchev–Trinajstić information content (AvgIpc) is 2.78. The van der Waals surface area contributed by atoms with Crippen molar-refractivity contribution in [1.29, 1.82) is 0 Å². The number of hydrogen-bond donors (Lipinski definition) is 0. The highest BCUT2D eigenvalue weighted by Gasteiger charge is 2.21. The molecule has 1 aromatic rings. The second kappa shape index (κ2) is 5.69. The molecule has 1 saturated heterocycles. The van der Waals surface area contributed by atoms with E-state index in [0.717, 1.165) is 38.6 Å². The number of anilines is 1. The van der Waals surface area contributed by atoms with Gasteiger partial charge in [0.15, 0.2) is 0 Å². The highest BCUT2D eigenvalue weighted by molar-refractivity contribution is 6.16. The summed E-state index contributed by atoms with van der Waals surface area (Å²) in [5.41, 5.74) is 0. The minimum atomic E-state index is 0.278. The zero-order valence-electron chi connectivity index (χ0n) is 10.4. The van der Waals surface area contributed by atoms with E-state index < -0.39 is 0 Å². The van der Waals surface area contributed by atoms with Crippen LogP contribution >= 0.6 is 11.6 Å². The Balaban J connectivity index is 1.86. The lowest BCUT2D eigenvalue weighted by atomic mass is 10.2. The third kappa shape index (κ3) is 3.33. The van der Waals surface area contributed by atoms with Gasteiger partial charge in [0.05, 0.1) is 0 Å². The van der Waals surface area contributed by atoms with Gasteiger partial charge in [-0.3, -0.25) is 4.90 Å². The van der Waals surface area contributed by atoms with Crippen molar-refractivity contribution < 1.29 is 4.52 Å². The number of rotatable bonds is 4. The summed E-state index contributed by atoms with van der Waals surface area (Å²) < 4.78 is 5.01. The molecule has 5 nitrogen and oxygen atoms in total. The van der Waals surface area contributed by atoms with Crippen LogP contribution in [0, 0.1) is 5.92 Å². The van der Waals surface area contributed by atoms with Crippen molar-refractivity contribution in [2.45, 2.75) is 19.7 Å². The summed E-state index contributed by atoms with van der Waals surface area (Å²) >= 11 is 5.64. The summed E-state index contributed by atoms with van der Waals surface area (Å²) in [6, 6.07) is 0. The fraction of sp³-hybridized carbons (Fsp3) is 0.818. The van der Waals surface area contributed by atoms with E-state index in [0.29, 0.717) is 11.8 Å². The third-order valence-corrected chi connectivity index (χ3v) is 3.08. The molecule has 0 radical (unpaired) electrons. The fourth-order valence-electron chi connectivity index (χ4n) is 2.08. The molecule has 2 rings (SSSR count). The molecule has 0 aliphatic carbocycles. The molecule has 0 unspecified atom stereocenters. The molecule has 0 aromatic carbocycles. The van der Waals surface area contributed by atoms with E-state index in [9.17, 15) is 0 Å². The van der Waals surface area contributed by atoms with Gasteiger partial charge in [-0.2, -0.15) is 4.98 Å². The lowest BCUT2D eigenvalue weighted by Crippen LogP contribution is -2.47. The van der Waals surface area contributed by atoms with Crippen LogP contribution in [0.1, 0.15) is 19.7 Å². The molecular formula is C11H19ClN4O. The lowest BCUT2D eigenvalue weighted by Gasteiger charge is -2.34. The quantitative estimate of drug-likeness (QED) is 0.768. The SMILES string of the molecule is CC(C)CN1CCN(c2noc(CCl)n2)CC1. The first-order valence-corrected chi connectivity index (χ1v) is 6.58. The van der Waals surface area contributed by atoms with Crippen LogP contribution in [-0.4, -0.2) is 47.8 Å². The Morgan fingerprint density at radius 3 is 2.53 bits per heavy atom. The smallest absolute Gasteiger partial charge is 0.266 e. The Hall–Kier alpha value is -0.810. The summed E-state index contributed by atoms with van der Waals surface area (Å²) in [4.78, 5) is 8.86. The van der Waals surface area contributed by atoms with Gasteiger partial charge in [0, 0.05) is 32.7 Å². The molecule has 0 bridgehead atoms. The zero-order chi connectivity index (χ0) is 12.3. The molecule has 2 heterocycles. The standard InChI is InChI=1S/C11H19ClN4O/c1-9(2)8-15-3-5-16(6-4-15)11-13-10(7-12)17-14-11/h9H,3-8H2,1-2H3. The van der Waals surface area contributed by atoms with Crippen molar-refractivity contribution in [2.24, 2.45) is 5.92 Å². The monoisotopic (exact) mass is 258 g/mol. The molecule has 0 amide bonds. The second-order valence-corrected chi connectivity index (χ2v) is 5.07. The predicted molar refractivity (Wildman–Crippen MR) is 67.3 cm³/mol. The van der Waals surface area contributed by atoms with E-state index in [-0.39, 0.29) is 5.88 Å². The van der Waals surface area contributed by atoms with Gasteiger partial charge in [-0.25, -0.2) is 0 Å². The van der Waals surface area contributed by atoms with Gasteiger partial charge in [0.2, 0.25) is 5.89 Å². The number of aromatic nitrogens is 2. The number of alkyl halides is 1. The summed E-state index contributed by atoms with van der Waals surface area (Å²) in [7, 11) is 0. The van der Waals surface area contributed by atoms with E-state index >= 15 is 0 Å². The maximum absolute atomic E-state index is 5.64. The molecule has 0 atom stereocenters. The van der Waals surface area contributed by atoms with Crippen LogP contribution in [-0.2, 0) is 5.88 Å². The molecule has 6 heteroatoms. The van der Waals surface area contributed by atoms with Crippen LogP contribution in [0.2, 0.25) is 0 Å². The number of hydrogen-bond acceptors (Lipinski definition) is 5. The van der Waals surface area contributed by atoms with Crippen molar-refractivity contribution in [3.8, 4) is 0 Å². The molecule has 1 fully saturated rings. The summed E-state index contributed by atoms with van der Waals surface area (Å²) in [6.07, 6.45) is 0. The molecule has 0 saturated carbocycles.